The number of allylic oxidation sites excluding steroid dienone is 1. The van der Waals surface area contributed by atoms with E-state index < -0.39 is 5.97 Å². The second-order valence-corrected chi connectivity index (χ2v) is 5.50. The minimum absolute atomic E-state index is 0.123. The van der Waals surface area contributed by atoms with Crippen molar-refractivity contribution in [1.29, 1.82) is 5.26 Å². The Bertz CT molecular complexity index is 942. The van der Waals surface area contributed by atoms with Gasteiger partial charge in [0.15, 0.2) is 5.69 Å². The van der Waals surface area contributed by atoms with E-state index in [1.165, 1.54) is 11.3 Å². The topological polar surface area (TPSA) is 132 Å². The molecule has 0 spiro atoms. The van der Waals surface area contributed by atoms with Crippen molar-refractivity contribution < 1.29 is 14.3 Å². The fraction of sp³-hybridized carbons (Fsp3) is 0.316. The number of nitrogens with two attached hydrogens (primary N) is 2. The van der Waals surface area contributed by atoms with Crippen LogP contribution in [0, 0.1) is 11.3 Å². The molecule has 148 valence electrons. The van der Waals surface area contributed by atoms with Crippen LogP contribution < -0.4 is 21.3 Å². The van der Waals surface area contributed by atoms with Crippen molar-refractivity contribution in [2.75, 3.05) is 18.7 Å². The molecule has 1 aromatic carbocycles. The lowest BCUT2D eigenvalue weighted by Crippen LogP contribution is -2.35. The van der Waals surface area contributed by atoms with E-state index in [2.05, 4.69) is 4.98 Å². The molecule has 28 heavy (non-hydrogen) atoms. The van der Waals surface area contributed by atoms with Crippen molar-refractivity contribution in [2.45, 2.75) is 27.2 Å². The molecular weight excluding hydrogens is 360 g/mol. The minimum Gasteiger partial charge on any atom is -0.497 e. The van der Waals surface area contributed by atoms with Crippen LogP contribution in [0.2, 0.25) is 0 Å². The van der Waals surface area contributed by atoms with Gasteiger partial charge in [-0.15, -0.1) is 0 Å². The first-order valence-corrected chi connectivity index (χ1v) is 8.87. The molecule has 0 unspecified atom stereocenters. The fourth-order valence-corrected chi connectivity index (χ4v) is 2.81. The van der Waals surface area contributed by atoms with Gasteiger partial charge in [-0.2, -0.15) is 5.26 Å². The quantitative estimate of drug-likeness (QED) is 0.464. The molecule has 1 aliphatic heterocycles. The Hall–Kier alpha value is -3.51. The molecular formula is C19H24N6O3. The highest BCUT2D eigenvalue weighted by Crippen LogP contribution is 2.35. The summed E-state index contributed by atoms with van der Waals surface area (Å²) in [4.78, 5) is 16.3. The van der Waals surface area contributed by atoms with Crippen molar-refractivity contribution in [3.63, 3.8) is 0 Å². The van der Waals surface area contributed by atoms with E-state index in [4.69, 9.17) is 21.1 Å². The summed E-state index contributed by atoms with van der Waals surface area (Å²) in [7, 11) is 1.54. The van der Waals surface area contributed by atoms with Gasteiger partial charge in [-0.1, -0.05) is 13.8 Å². The van der Waals surface area contributed by atoms with Crippen LogP contribution in [0.25, 0.3) is 5.69 Å². The largest absolute Gasteiger partial charge is 0.497 e. The molecule has 3 rings (SSSR count). The second-order valence-electron chi connectivity index (χ2n) is 5.50. The van der Waals surface area contributed by atoms with Crippen molar-refractivity contribution in [3.05, 3.63) is 47.3 Å². The van der Waals surface area contributed by atoms with Crippen molar-refractivity contribution in [3.8, 4) is 17.5 Å². The van der Waals surface area contributed by atoms with E-state index in [0.29, 0.717) is 28.5 Å². The fourth-order valence-electron chi connectivity index (χ4n) is 2.81. The second kappa shape index (κ2) is 8.92. The van der Waals surface area contributed by atoms with E-state index in [1.807, 2.05) is 19.9 Å². The summed E-state index contributed by atoms with van der Waals surface area (Å²) in [6, 6.07) is 7.33. The van der Waals surface area contributed by atoms with Gasteiger partial charge in [0.2, 0.25) is 0 Å². The molecule has 0 saturated carbocycles. The molecule has 1 aromatic heterocycles. The van der Waals surface area contributed by atoms with Gasteiger partial charge in [-0.25, -0.2) is 15.6 Å². The number of nitrogens with zero attached hydrogens (tertiary/aromatic N) is 4. The molecule has 9 nitrogen and oxygen atoms in total. The summed E-state index contributed by atoms with van der Waals surface area (Å²) in [5.74, 6) is 6.20. The maximum absolute atomic E-state index is 12.1. The Morgan fingerprint density at radius 3 is 2.68 bits per heavy atom. The van der Waals surface area contributed by atoms with Crippen molar-refractivity contribution in [1.82, 2.24) is 9.55 Å². The zero-order valence-corrected chi connectivity index (χ0v) is 16.4. The third kappa shape index (κ3) is 3.63. The summed E-state index contributed by atoms with van der Waals surface area (Å²) in [6.45, 7) is 5.87. The van der Waals surface area contributed by atoms with E-state index in [1.54, 1.807) is 36.8 Å². The van der Waals surface area contributed by atoms with Crippen molar-refractivity contribution >= 4 is 11.7 Å². The molecule has 0 fully saturated rings. The lowest BCUT2D eigenvalue weighted by atomic mass is 10.1. The third-order valence-electron chi connectivity index (χ3n) is 4.11. The first-order valence-electron chi connectivity index (χ1n) is 8.87. The van der Waals surface area contributed by atoms with E-state index >= 15 is 0 Å². The van der Waals surface area contributed by atoms with Gasteiger partial charge >= 0.3 is 5.97 Å². The van der Waals surface area contributed by atoms with Gasteiger partial charge < -0.3 is 15.2 Å². The van der Waals surface area contributed by atoms with Crippen LogP contribution in [0.3, 0.4) is 0 Å². The molecule has 9 heteroatoms. The number of benzene rings is 1. The van der Waals surface area contributed by atoms with Gasteiger partial charge in [0.05, 0.1) is 36.5 Å². The van der Waals surface area contributed by atoms with Gasteiger partial charge in [0.25, 0.3) is 0 Å². The van der Waals surface area contributed by atoms with Crippen LogP contribution in [-0.2, 0) is 16.0 Å². The summed E-state index contributed by atoms with van der Waals surface area (Å²) >= 11 is 0. The molecule has 2 aromatic rings. The molecule has 0 saturated heterocycles. The lowest BCUT2D eigenvalue weighted by Gasteiger charge is -2.23. The maximum atomic E-state index is 12.1. The van der Waals surface area contributed by atoms with E-state index in [0.717, 1.165) is 0 Å². The van der Waals surface area contributed by atoms with Crippen LogP contribution in [0.4, 0.5) is 5.69 Å². The number of imidazole rings is 1. The van der Waals surface area contributed by atoms with Gasteiger partial charge in [0.1, 0.15) is 23.8 Å². The highest BCUT2D eigenvalue weighted by molar-refractivity contribution is 5.89. The Morgan fingerprint density at radius 2 is 2.07 bits per heavy atom. The number of fused-ring (bicyclic) bond motifs is 3. The minimum atomic E-state index is -0.672. The number of methoxy groups -OCH3 is 1. The number of anilines is 1. The number of rotatable bonds is 3. The highest BCUT2D eigenvalue weighted by Gasteiger charge is 2.28. The maximum Gasteiger partial charge on any atom is 0.356 e. The average molecular weight is 384 g/mol. The highest BCUT2D eigenvalue weighted by atomic mass is 16.5. The smallest absolute Gasteiger partial charge is 0.356 e. The predicted octanol–water partition coefficient (Wildman–Crippen LogP) is 1.75. The first kappa shape index (κ1) is 20.8. The zero-order chi connectivity index (χ0) is 20.8. The molecule has 0 bridgehead atoms. The number of esters is 1. The third-order valence-corrected chi connectivity index (χ3v) is 4.11. The van der Waals surface area contributed by atoms with E-state index in [9.17, 15) is 10.1 Å². The summed E-state index contributed by atoms with van der Waals surface area (Å²) in [5, 5.41) is 10.7. The number of ether oxygens (including phenoxy) is 2. The molecule has 0 amide bonds. The Kier molecular flexibility index (Phi) is 6.63. The molecule has 2 heterocycles. The molecule has 4 N–H and O–H groups in total. The monoisotopic (exact) mass is 384 g/mol. The summed E-state index contributed by atoms with van der Waals surface area (Å²) in [6.07, 6.45) is 1.68. The number of carbonyl (C=O) groups excluding carboxylic acids is 1. The average Bonchev–Trinajstić information content (AvgIpc) is 3.09. The van der Waals surface area contributed by atoms with Gasteiger partial charge in [-0.3, -0.25) is 9.58 Å². The van der Waals surface area contributed by atoms with Crippen LogP contribution >= 0.6 is 0 Å². The number of hydrazine groups is 1. The SMILES string of the molecule is CC.CCOC(=O)/C(N)=C1\Cc2c(C#N)ncn2-c2ccc(OC)cc2N1N. The Morgan fingerprint density at radius 1 is 1.36 bits per heavy atom. The van der Waals surface area contributed by atoms with Crippen LogP contribution in [0.15, 0.2) is 35.9 Å². The van der Waals surface area contributed by atoms with Crippen LogP contribution in [-0.4, -0.2) is 29.2 Å². The summed E-state index contributed by atoms with van der Waals surface area (Å²) < 4.78 is 12.0. The molecule has 0 aliphatic carbocycles. The van der Waals surface area contributed by atoms with Crippen molar-refractivity contribution in [2.24, 2.45) is 11.6 Å². The molecule has 0 atom stereocenters. The van der Waals surface area contributed by atoms with Crippen LogP contribution in [0.1, 0.15) is 32.2 Å². The number of hydrogen-bond acceptors (Lipinski definition) is 8. The summed E-state index contributed by atoms with van der Waals surface area (Å²) in [5.41, 5.74) is 8.26. The predicted molar refractivity (Wildman–Crippen MR) is 104 cm³/mol. The number of hydrogen-bond donors (Lipinski definition) is 2. The zero-order valence-electron chi connectivity index (χ0n) is 16.4. The van der Waals surface area contributed by atoms with E-state index in [-0.39, 0.29) is 24.4 Å². The molecule has 1 aliphatic rings. The number of carbonyl (C=O) groups is 1. The van der Waals surface area contributed by atoms with Gasteiger partial charge in [0, 0.05) is 12.5 Å². The number of aromatic nitrogens is 2. The Labute approximate surface area is 163 Å². The molecule has 0 radical (unpaired) electrons. The number of nitriles is 1. The lowest BCUT2D eigenvalue weighted by molar-refractivity contribution is -0.138. The Balaban J connectivity index is 0.00000136. The van der Waals surface area contributed by atoms with Gasteiger partial charge in [-0.05, 0) is 19.1 Å². The standard InChI is InChI=1S/C17H18N6O3.C2H6/c1-3-26-17(24)16(19)15-7-13-11(8-18)21-9-22(13)12-5-4-10(25-2)6-14(12)23(15)20;1-2/h4-6,9H,3,7,19-20H2,1-2H3;1-2H3/b16-15-;. The normalized spacial score (nSPS) is 13.8. The first-order chi connectivity index (χ1) is 13.5. The van der Waals surface area contributed by atoms with Crippen LogP contribution in [0.5, 0.6) is 5.75 Å².